The summed E-state index contributed by atoms with van der Waals surface area (Å²) < 4.78 is 1.11. The maximum Gasteiger partial charge on any atom is 0.238 e. The third kappa shape index (κ3) is 6.15. The summed E-state index contributed by atoms with van der Waals surface area (Å²) in [4.78, 5) is 13.8. The van der Waals surface area contributed by atoms with E-state index < -0.39 is 17.4 Å². The van der Waals surface area contributed by atoms with E-state index >= 15 is 0 Å². The highest BCUT2D eigenvalue weighted by atomic mass is 127. The summed E-state index contributed by atoms with van der Waals surface area (Å²) in [5.41, 5.74) is 1.60. The predicted octanol–water partition coefficient (Wildman–Crippen LogP) is 7.24. The van der Waals surface area contributed by atoms with Crippen LogP contribution in [0.2, 0.25) is 10.0 Å². The molecule has 3 aromatic rings. The van der Waals surface area contributed by atoms with E-state index in [9.17, 15) is 10.1 Å². The minimum atomic E-state index is -1.02. The maximum absolute atomic E-state index is 13.8. The highest BCUT2D eigenvalue weighted by Crippen LogP contribution is 2.51. The molecule has 0 aromatic heterocycles. The number of carbonyl (C=O) groups excluding carboxylic acids is 1. The summed E-state index contributed by atoms with van der Waals surface area (Å²) in [5.74, 6) is -0.616. The van der Waals surface area contributed by atoms with Crippen LogP contribution >= 0.6 is 45.8 Å². The van der Waals surface area contributed by atoms with E-state index in [4.69, 9.17) is 23.2 Å². The molecular formula is C30H30Cl2IN3O. The summed E-state index contributed by atoms with van der Waals surface area (Å²) in [6, 6.07) is 24.8. The molecule has 192 valence electrons. The van der Waals surface area contributed by atoms with Crippen molar-refractivity contribution in [3.8, 4) is 6.07 Å². The quantitative estimate of drug-likeness (QED) is 0.278. The number of nitriles is 1. The fourth-order valence-corrected chi connectivity index (χ4v) is 6.34. The zero-order valence-corrected chi connectivity index (χ0v) is 24.7. The Hall–Kier alpha value is -2.11. The number of benzene rings is 3. The first kappa shape index (κ1) is 27.9. The van der Waals surface area contributed by atoms with Crippen molar-refractivity contribution in [2.24, 2.45) is 5.41 Å². The topological polar surface area (TPSA) is 64.9 Å². The lowest BCUT2D eigenvalue weighted by atomic mass is 9.63. The zero-order valence-electron chi connectivity index (χ0n) is 21.1. The van der Waals surface area contributed by atoms with Crippen molar-refractivity contribution in [2.45, 2.75) is 57.2 Å². The SMILES string of the molecule is CC(C)(C)CC1N[C@@H](C(=O)NCc2cccc(I)c2)[C@H](c2cccc(Cl)c2)[C@@]1(C#N)c1ccc(Cl)cc1. The molecule has 4 nitrogen and oxygen atoms in total. The molecule has 1 amide bonds. The van der Waals surface area contributed by atoms with Gasteiger partial charge in [0, 0.05) is 32.1 Å². The van der Waals surface area contributed by atoms with Crippen molar-refractivity contribution in [1.82, 2.24) is 10.6 Å². The Morgan fingerprint density at radius 3 is 2.38 bits per heavy atom. The van der Waals surface area contributed by atoms with Gasteiger partial charge in [-0.1, -0.05) is 80.4 Å². The first-order valence-electron chi connectivity index (χ1n) is 12.2. The van der Waals surface area contributed by atoms with E-state index in [1.165, 1.54) is 0 Å². The Morgan fingerprint density at radius 1 is 1.05 bits per heavy atom. The lowest BCUT2D eigenvalue weighted by Crippen LogP contribution is -2.45. The Labute approximate surface area is 242 Å². The summed E-state index contributed by atoms with van der Waals surface area (Å²) in [6.45, 7) is 6.85. The second kappa shape index (κ2) is 11.3. The lowest BCUT2D eigenvalue weighted by molar-refractivity contribution is -0.123. The molecule has 1 aliphatic heterocycles. The molecule has 4 atom stereocenters. The van der Waals surface area contributed by atoms with E-state index in [0.29, 0.717) is 23.0 Å². The number of nitrogens with zero attached hydrogens (tertiary/aromatic N) is 1. The first-order valence-corrected chi connectivity index (χ1v) is 14.1. The largest absolute Gasteiger partial charge is 0.351 e. The molecule has 0 aliphatic carbocycles. The number of rotatable bonds is 6. The number of hydrogen-bond donors (Lipinski definition) is 2. The fourth-order valence-electron chi connectivity index (χ4n) is 5.40. The predicted molar refractivity (Wildman–Crippen MR) is 159 cm³/mol. The van der Waals surface area contributed by atoms with Gasteiger partial charge >= 0.3 is 0 Å². The number of carbonyl (C=O) groups is 1. The van der Waals surface area contributed by atoms with Crippen LogP contribution < -0.4 is 10.6 Å². The highest BCUT2D eigenvalue weighted by Gasteiger charge is 2.59. The summed E-state index contributed by atoms with van der Waals surface area (Å²) in [5, 5.41) is 18.8. The average Bonchev–Trinajstić information content (AvgIpc) is 3.16. The second-order valence-electron chi connectivity index (χ2n) is 10.8. The standard InChI is InChI=1S/C30H30Cl2IN3O/c1-29(2,3)16-25-30(18-34,21-10-12-22(31)13-11-21)26(20-7-5-8-23(32)15-20)27(36-25)28(37)35-17-19-6-4-9-24(33)14-19/h4-15,25-27,36H,16-17H2,1-3H3,(H,35,37)/t25?,26-,27+,30-/m0/s1. The monoisotopic (exact) mass is 645 g/mol. The molecule has 1 heterocycles. The van der Waals surface area contributed by atoms with Gasteiger partial charge in [-0.05, 0) is 87.5 Å². The van der Waals surface area contributed by atoms with Gasteiger partial charge in [-0.2, -0.15) is 5.26 Å². The maximum atomic E-state index is 13.8. The molecule has 0 saturated carbocycles. The van der Waals surface area contributed by atoms with Crippen molar-refractivity contribution in [3.05, 3.63) is 103 Å². The molecule has 7 heteroatoms. The molecule has 2 N–H and O–H groups in total. The summed E-state index contributed by atoms with van der Waals surface area (Å²) in [6.07, 6.45) is 0.695. The zero-order chi connectivity index (χ0) is 26.8. The van der Waals surface area contributed by atoms with Gasteiger partial charge < -0.3 is 10.6 Å². The van der Waals surface area contributed by atoms with Gasteiger partial charge in [-0.15, -0.1) is 0 Å². The van der Waals surface area contributed by atoms with E-state index in [0.717, 1.165) is 20.3 Å². The summed E-state index contributed by atoms with van der Waals surface area (Å²) >= 11 is 14.9. The van der Waals surface area contributed by atoms with Crippen molar-refractivity contribution in [1.29, 1.82) is 5.26 Å². The van der Waals surface area contributed by atoms with Crippen molar-refractivity contribution in [3.63, 3.8) is 0 Å². The lowest BCUT2D eigenvalue weighted by Gasteiger charge is -2.37. The van der Waals surface area contributed by atoms with Gasteiger partial charge in [-0.3, -0.25) is 4.79 Å². The number of hydrogen-bond acceptors (Lipinski definition) is 3. The van der Waals surface area contributed by atoms with E-state index in [2.05, 4.69) is 60.1 Å². The Kier molecular flexibility index (Phi) is 8.55. The van der Waals surface area contributed by atoms with Gasteiger partial charge in [-0.25, -0.2) is 0 Å². The Balaban J connectivity index is 1.82. The van der Waals surface area contributed by atoms with E-state index in [1.807, 2.05) is 72.8 Å². The molecule has 3 aromatic carbocycles. The van der Waals surface area contributed by atoms with Gasteiger partial charge in [0.25, 0.3) is 0 Å². The molecule has 0 radical (unpaired) electrons. The molecule has 0 spiro atoms. The fraction of sp³-hybridized carbons (Fsp3) is 0.333. The smallest absolute Gasteiger partial charge is 0.238 e. The minimum absolute atomic E-state index is 0.0861. The third-order valence-corrected chi connectivity index (χ3v) is 8.08. The first-order chi connectivity index (χ1) is 17.5. The molecular weight excluding hydrogens is 616 g/mol. The average molecular weight is 646 g/mol. The Morgan fingerprint density at radius 2 is 1.76 bits per heavy atom. The van der Waals surface area contributed by atoms with Crippen LogP contribution in [0.4, 0.5) is 0 Å². The number of amides is 1. The van der Waals surface area contributed by atoms with Crippen LogP contribution in [-0.2, 0) is 16.8 Å². The Bertz CT molecular complexity index is 1320. The van der Waals surface area contributed by atoms with Crippen LogP contribution in [0, 0.1) is 20.3 Å². The van der Waals surface area contributed by atoms with Crippen molar-refractivity contribution >= 4 is 51.7 Å². The summed E-state index contributed by atoms with van der Waals surface area (Å²) in [7, 11) is 0. The number of halogens is 3. The van der Waals surface area contributed by atoms with Crippen molar-refractivity contribution in [2.75, 3.05) is 0 Å². The minimum Gasteiger partial charge on any atom is -0.351 e. The highest BCUT2D eigenvalue weighted by molar-refractivity contribution is 14.1. The van der Waals surface area contributed by atoms with E-state index in [-0.39, 0.29) is 17.4 Å². The van der Waals surface area contributed by atoms with E-state index in [1.54, 1.807) is 0 Å². The second-order valence-corrected chi connectivity index (χ2v) is 12.9. The van der Waals surface area contributed by atoms with Crippen LogP contribution in [-0.4, -0.2) is 18.0 Å². The molecule has 4 rings (SSSR count). The van der Waals surface area contributed by atoms with Crippen LogP contribution in [0.5, 0.6) is 0 Å². The van der Waals surface area contributed by atoms with Crippen molar-refractivity contribution < 1.29 is 4.79 Å². The van der Waals surface area contributed by atoms with Gasteiger partial charge in [0.1, 0.15) is 5.41 Å². The molecule has 1 saturated heterocycles. The molecule has 1 aliphatic rings. The van der Waals surface area contributed by atoms with Crippen LogP contribution in [0.3, 0.4) is 0 Å². The molecule has 37 heavy (non-hydrogen) atoms. The molecule has 0 bridgehead atoms. The normalized spacial score (nSPS) is 23.4. The third-order valence-electron chi connectivity index (χ3n) is 6.92. The van der Waals surface area contributed by atoms with Gasteiger partial charge in [0.2, 0.25) is 5.91 Å². The number of nitrogens with one attached hydrogen (secondary N) is 2. The molecule has 1 fully saturated rings. The van der Waals surface area contributed by atoms with Gasteiger partial charge in [0.15, 0.2) is 0 Å². The van der Waals surface area contributed by atoms with Crippen LogP contribution in [0.1, 0.15) is 49.8 Å². The van der Waals surface area contributed by atoms with Crippen LogP contribution in [0.15, 0.2) is 72.8 Å². The van der Waals surface area contributed by atoms with Crippen LogP contribution in [0.25, 0.3) is 0 Å². The van der Waals surface area contributed by atoms with Gasteiger partial charge in [0.05, 0.1) is 12.1 Å². The molecule has 1 unspecified atom stereocenters.